The molecule has 5 saturated carbocycles. The third-order valence-electron chi connectivity index (χ3n) is 17.1. The molecule has 8 heteroatoms. The summed E-state index contributed by atoms with van der Waals surface area (Å²) in [6, 6.07) is 0. The molecule has 0 aromatic carbocycles. The number of nitrogens with zero attached hydrogens (tertiary/aromatic N) is 1. The lowest BCUT2D eigenvalue weighted by Crippen LogP contribution is -2.66. The molecule has 2 N–H and O–H groups in total. The van der Waals surface area contributed by atoms with E-state index in [-0.39, 0.29) is 58.2 Å². The molecule has 1 aliphatic heterocycles. The molecule has 0 aromatic heterocycles. The van der Waals surface area contributed by atoms with E-state index in [0.717, 1.165) is 38.6 Å². The Morgan fingerprint density at radius 1 is 0.863 bits per heavy atom. The van der Waals surface area contributed by atoms with Gasteiger partial charge in [-0.05, 0) is 149 Å². The second-order valence-electron chi connectivity index (χ2n) is 20.4. The van der Waals surface area contributed by atoms with Gasteiger partial charge in [0.25, 0.3) is 0 Å². The Morgan fingerprint density at radius 2 is 1.59 bits per heavy atom. The number of carbonyl (C=O) groups is 3. The summed E-state index contributed by atoms with van der Waals surface area (Å²) in [6.45, 7) is 24.5. The predicted molar refractivity (Wildman–Crippen MR) is 198 cm³/mol. The molecule has 0 aromatic rings. The Bertz CT molecular complexity index is 1390. The maximum absolute atomic E-state index is 13.1. The molecular weight excluding hydrogens is 642 g/mol. The number of ether oxygens (including phenoxy) is 2. The van der Waals surface area contributed by atoms with E-state index in [1.165, 1.54) is 50.5 Å². The van der Waals surface area contributed by atoms with Gasteiger partial charge in [0.1, 0.15) is 6.10 Å². The van der Waals surface area contributed by atoms with Gasteiger partial charge < -0.3 is 19.7 Å². The van der Waals surface area contributed by atoms with Gasteiger partial charge in [-0.25, -0.2) is 0 Å². The summed E-state index contributed by atoms with van der Waals surface area (Å²) in [6.07, 6.45) is 12.4. The fourth-order valence-corrected chi connectivity index (χ4v) is 14.1. The summed E-state index contributed by atoms with van der Waals surface area (Å²) >= 11 is 0. The number of aliphatic hydroxyl groups is 1. The van der Waals surface area contributed by atoms with Crippen molar-refractivity contribution in [1.29, 1.82) is 0 Å². The Kier molecular flexibility index (Phi) is 10.2. The van der Waals surface area contributed by atoms with Crippen LogP contribution in [-0.2, 0) is 23.9 Å². The zero-order valence-electron chi connectivity index (χ0n) is 33.2. The van der Waals surface area contributed by atoms with E-state index in [0.29, 0.717) is 42.7 Å². The minimum Gasteiger partial charge on any atom is -0.481 e. The summed E-state index contributed by atoms with van der Waals surface area (Å²) in [4.78, 5) is 39.6. The Hall–Kier alpha value is -1.93. The highest BCUT2D eigenvalue weighted by Gasteiger charge is 2.71. The van der Waals surface area contributed by atoms with Crippen molar-refractivity contribution in [2.45, 2.75) is 151 Å². The van der Waals surface area contributed by atoms with Gasteiger partial charge in [0, 0.05) is 18.5 Å². The second-order valence-corrected chi connectivity index (χ2v) is 20.4. The second kappa shape index (κ2) is 13.4. The van der Waals surface area contributed by atoms with Crippen molar-refractivity contribution >= 4 is 17.9 Å². The summed E-state index contributed by atoms with van der Waals surface area (Å²) in [5.41, 5.74) is 0.715. The molecule has 0 radical (unpaired) electrons. The van der Waals surface area contributed by atoms with Crippen molar-refractivity contribution in [3.8, 4) is 0 Å². The van der Waals surface area contributed by atoms with Crippen LogP contribution in [0.15, 0.2) is 12.2 Å². The number of hydrogen-bond acceptors (Lipinski definition) is 7. The number of hydrogen-bond donors (Lipinski definition) is 2. The quantitative estimate of drug-likeness (QED) is 0.173. The molecule has 0 spiro atoms. The first-order valence-corrected chi connectivity index (χ1v) is 20.3. The first-order valence-electron chi connectivity index (χ1n) is 20.3. The molecule has 51 heavy (non-hydrogen) atoms. The van der Waals surface area contributed by atoms with Crippen LogP contribution in [0.25, 0.3) is 0 Å². The number of rotatable bonds is 10. The molecule has 5 aliphatic carbocycles. The normalized spacial score (nSPS) is 43.3. The smallest absolute Gasteiger partial charge is 0.320 e. The fraction of sp³-hybridized carbons (Fsp3) is 0.884. The molecule has 1 heterocycles. The molecule has 6 rings (SSSR count). The molecule has 0 amide bonds. The molecule has 1 unspecified atom stereocenters. The van der Waals surface area contributed by atoms with E-state index in [9.17, 15) is 24.6 Å². The van der Waals surface area contributed by atoms with Crippen molar-refractivity contribution in [2.75, 3.05) is 26.2 Å². The van der Waals surface area contributed by atoms with Crippen LogP contribution in [0.5, 0.6) is 0 Å². The number of aliphatic hydroxyl groups excluding tert-OH is 1. The average Bonchev–Trinajstić information content (AvgIpc) is 3.62. The average molecular weight is 712 g/mol. The number of carboxylic acid groups (broad SMARTS) is 1. The number of carboxylic acids is 1. The summed E-state index contributed by atoms with van der Waals surface area (Å²) in [5, 5.41) is 19.5. The van der Waals surface area contributed by atoms with Crippen molar-refractivity contribution in [2.24, 2.45) is 62.1 Å². The number of esters is 2. The van der Waals surface area contributed by atoms with Gasteiger partial charge >= 0.3 is 17.9 Å². The first kappa shape index (κ1) is 38.8. The van der Waals surface area contributed by atoms with Crippen LogP contribution in [0.3, 0.4) is 0 Å². The van der Waals surface area contributed by atoms with Gasteiger partial charge in [-0.2, -0.15) is 0 Å². The molecule has 288 valence electrons. The van der Waals surface area contributed by atoms with E-state index in [1.54, 1.807) is 13.8 Å². The van der Waals surface area contributed by atoms with E-state index >= 15 is 0 Å². The number of aliphatic carboxylic acids is 1. The maximum Gasteiger partial charge on any atom is 0.320 e. The predicted octanol–water partition coefficient (Wildman–Crippen LogP) is 8.06. The third kappa shape index (κ3) is 6.42. The molecule has 6 aliphatic rings. The summed E-state index contributed by atoms with van der Waals surface area (Å²) in [5.74, 6) is 1.17. The van der Waals surface area contributed by atoms with Crippen LogP contribution in [-0.4, -0.2) is 71.5 Å². The largest absolute Gasteiger partial charge is 0.481 e. The third-order valence-corrected chi connectivity index (χ3v) is 17.1. The van der Waals surface area contributed by atoms with E-state index in [2.05, 4.69) is 48.1 Å². The van der Waals surface area contributed by atoms with Gasteiger partial charge in [0.2, 0.25) is 0 Å². The van der Waals surface area contributed by atoms with Crippen molar-refractivity contribution in [3.05, 3.63) is 12.2 Å². The van der Waals surface area contributed by atoms with Gasteiger partial charge in [-0.3, -0.25) is 19.3 Å². The van der Waals surface area contributed by atoms with Crippen molar-refractivity contribution < 1.29 is 34.1 Å². The number of allylic oxidation sites excluding steroid dienone is 1. The zero-order chi connectivity index (χ0) is 37.4. The van der Waals surface area contributed by atoms with Crippen LogP contribution >= 0.6 is 0 Å². The van der Waals surface area contributed by atoms with Gasteiger partial charge in [-0.15, -0.1) is 0 Å². The summed E-state index contributed by atoms with van der Waals surface area (Å²) < 4.78 is 12.1. The Morgan fingerprint density at radius 3 is 2.24 bits per heavy atom. The minimum absolute atomic E-state index is 0.114. The van der Waals surface area contributed by atoms with Crippen molar-refractivity contribution in [3.63, 3.8) is 0 Å². The van der Waals surface area contributed by atoms with Crippen LogP contribution in [0.2, 0.25) is 0 Å². The lowest BCUT2D eigenvalue weighted by Gasteiger charge is -2.73. The fourth-order valence-electron chi connectivity index (χ4n) is 14.1. The molecule has 6 fully saturated rings. The lowest BCUT2D eigenvalue weighted by atomic mass is 9.32. The van der Waals surface area contributed by atoms with Gasteiger partial charge in [-0.1, -0.05) is 46.8 Å². The van der Waals surface area contributed by atoms with Crippen molar-refractivity contribution in [1.82, 2.24) is 4.90 Å². The Balaban J connectivity index is 1.18. The Labute approximate surface area is 307 Å². The zero-order valence-corrected chi connectivity index (χ0v) is 33.2. The standard InChI is InChI=1S/C43H69NO7/c1-27(2)29-12-18-43(21-23-50-35(47)26-44-22-15-28(45)25-44)20-19-41(8)30(36(29)43)10-11-32-40(7)16-14-33(51-34(46)24-38(3,4)37(48)49)39(5,6)31(40)13-17-42(32,41)9/h28-33,36,45H,1,10-26H2,2-9H3,(H,48,49)/t28?,29-,30+,31-,32+,33-,36+,40-,41+,42+,43+/m0/s1. The molecule has 11 atom stereocenters. The molecule has 0 bridgehead atoms. The van der Waals surface area contributed by atoms with E-state index in [4.69, 9.17) is 9.47 Å². The number of carbonyl (C=O) groups excluding carboxylic acids is 2. The van der Waals surface area contributed by atoms with Crippen LogP contribution in [0.1, 0.15) is 139 Å². The molecule has 1 saturated heterocycles. The number of β-amino-alcohol motifs (C(OH)–C–C–N with tert-alkyl or cyclic N) is 1. The highest BCUT2D eigenvalue weighted by atomic mass is 16.5. The number of fused-ring (bicyclic) bond motifs is 7. The maximum atomic E-state index is 13.1. The van der Waals surface area contributed by atoms with Gasteiger partial charge in [0.15, 0.2) is 0 Å². The summed E-state index contributed by atoms with van der Waals surface area (Å²) in [7, 11) is 0. The SMILES string of the molecule is C=C(C)[C@@H]1CC[C@]2(CCOC(=O)CN3CCC(O)C3)CC[C@]3(C)[C@H](CC[C@@H]4[C@@]5(C)CC[C@H](OC(=O)CC(C)(C)C(=O)O)C(C)(C)[C@@H]5CC[C@]43C)[C@@H]12. The van der Waals surface area contributed by atoms with E-state index < -0.39 is 17.4 Å². The van der Waals surface area contributed by atoms with Crippen LogP contribution in [0, 0.1) is 62.1 Å². The molecule has 8 nitrogen and oxygen atoms in total. The van der Waals surface area contributed by atoms with Crippen LogP contribution < -0.4 is 0 Å². The van der Waals surface area contributed by atoms with Crippen LogP contribution in [0.4, 0.5) is 0 Å². The van der Waals surface area contributed by atoms with Gasteiger partial charge in [0.05, 0.1) is 31.1 Å². The molecular formula is C43H69NO7. The number of likely N-dealkylation sites (tertiary alicyclic amines) is 1. The van der Waals surface area contributed by atoms with E-state index in [1.807, 2.05) is 4.90 Å². The lowest BCUT2D eigenvalue weighted by molar-refractivity contribution is -0.251. The highest BCUT2D eigenvalue weighted by molar-refractivity contribution is 5.81. The topological polar surface area (TPSA) is 113 Å². The minimum atomic E-state index is -1.14. The monoisotopic (exact) mass is 712 g/mol. The highest BCUT2D eigenvalue weighted by Crippen LogP contribution is 2.78. The first-order chi connectivity index (χ1) is 23.7.